The second-order valence-corrected chi connectivity index (χ2v) is 3.91. The molecule has 16 heavy (non-hydrogen) atoms. The van der Waals surface area contributed by atoms with E-state index in [1.807, 2.05) is 12.1 Å². The summed E-state index contributed by atoms with van der Waals surface area (Å²) in [6, 6.07) is 8.09. The number of hydrogen-bond donors (Lipinski definition) is 1. The van der Waals surface area contributed by atoms with Crippen molar-refractivity contribution < 1.29 is 14.6 Å². The van der Waals surface area contributed by atoms with Gasteiger partial charge in [-0.1, -0.05) is 26.0 Å². The Hall–Kier alpha value is -1.06. The zero-order chi connectivity index (χ0) is 11.8. The van der Waals surface area contributed by atoms with Crippen LogP contribution in [-0.4, -0.2) is 31.5 Å². The van der Waals surface area contributed by atoms with E-state index in [0.717, 1.165) is 5.75 Å². The van der Waals surface area contributed by atoms with Crippen molar-refractivity contribution in [2.75, 3.05) is 26.4 Å². The van der Waals surface area contributed by atoms with E-state index >= 15 is 0 Å². The van der Waals surface area contributed by atoms with Crippen LogP contribution in [-0.2, 0) is 4.74 Å². The van der Waals surface area contributed by atoms with Gasteiger partial charge >= 0.3 is 0 Å². The summed E-state index contributed by atoms with van der Waals surface area (Å²) in [4.78, 5) is 0. The van der Waals surface area contributed by atoms with Gasteiger partial charge in [0.1, 0.15) is 12.4 Å². The number of rotatable bonds is 7. The molecule has 0 fully saturated rings. The first-order valence-electron chi connectivity index (χ1n) is 5.65. The zero-order valence-electron chi connectivity index (χ0n) is 9.98. The molecule has 0 aliphatic rings. The molecule has 3 nitrogen and oxygen atoms in total. The van der Waals surface area contributed by atoms with E-state index in [-0.39, 0.29) is 6.61 Å². The Labute approximate surface area is 97.0 Å². The first-order chi connectivity index (χ1) is 7.74. The van der Waals surface area contributed by atoms with E-state index in [9.17, 15) is 0 Å². The van der Waals surface area contributed by atoms with Gasteiger partial charge in [0.05, 0.1) is 19.8 Å². The maximum atomic E-state index is 8.51. The Balaban J connectivity index is 2.33. The Kier molecular flexibility index (Phi) is 5.90. The first-order valence-corrected chi connectivity index (χ1v) is 5.65. The molecule has 0 saturated heterocycles. The number of ether oxygens (including phenoxy) is 2. The van der Waals surface area contributed by atoms with Crippen LogP contribution in [0.3, 0.4) is 0 Å². The van der Waals surface area contributed by atoms with Gasteiger partial charge in [0, 0.05) is 0 Å². The average Bonchev–Trinajstić information content (AvgIpc) is 2.29. The fourth-order valence-corrected chi connectivity index (χ4v) is 1.35. The zero-order valence-corrected chi connectivity index (χ0v) is 9.98. The van der Waals surface area contributed by atoms with Gasteiger partial charge in [-0.05, 0) is 23.6 Å². The first kappa shape index (κ1) is 13.0. The lowest BCUT2D eigenvalue weighted by Gasteiger charge is -2.10. The Morgan fingerprint density at radius 2 is 2.00 bits per heavy atom. The molecular weight excluding hydrogens is 204 g/mol. The maximum Gasteiger partial charge on any atom is 0.119 e. The molecule has 0 heterocycles. The highest BCUT2D eigenvalue weighted by Crippen LogP contribution is 2.19. The molecule has 3 heteroatoms. The SMILES string of the molecule is CC(C)c1cccc(OCCOCCO)c1. The second-order valence-electron chi connectivity index (χ2n) is 3.91. The molecule has 0 radical (unpaired) electrons. The quantitative estimate of drug-likeness (QED) is 0.722. The summed E-state index contributed by atoms with van der Waals surface area (Å²) in [7, 11) is 0. The van der Waals surface area contributed by atoms with E-state index in [4.69, 9.17) is 14.6 Å². The van der Waals surface area contributed by atoms with E-state index in [0.29, 0.717) is 25.7 Å². The molecule has 90 valence electrons. The normalized spacial score (nSPS) is 10.8. The lowest BCUT2D eigenvalue weighted by Crippen LogP contribution is -2.09. The van der Waals surface area contributed by atoms with Gasteiger partial charge in [-0.25, -0.2) is 0 Å². The molecular formula is C13H20O3. The molecule has 0 aromatic heterocycles. The highest BCUT2D eigenvalue weighted by atomic mass is 16.5. The largest absolute Gasteiger partial charge is 0.491 e. The van der Waals surface area contributed by atoms with Gasteiger partial charge in [0.2, 0.25) is 0 Å². The van der Waals surface area contributed by atoms with Crippen LogP contribution in [0.1, 0.15) is 25.3 Å². The van der Waals surface area contributed by atoms with Crippen molar-refractivity contribution in [2.24, 2.45) is 0 Å². The average molecular weight is 224 g/mol. The minimum absolute atomic E-state index is 0.0584. The minimum Gasteiger partial charge on any atom is -0.491 e. The van der Waals surface area contributed by atoms with E-state index in [2.05, 4.69) is 26.0 Å². The predicted octanol–water partition coefficient (Wildman–Crippen LogP) is 2.20. The highest BCUT2D eigenvalue weighted by molar-refractivity contribution is 5.30. The molecule has 0 saturated carbocycles. The minimum atomic E-state index is 0.0584. The van der Waals surface area contributed by atoms with Gasteiger partial charge in [0.15, 0.2) is 0 Å². The summed E-state index contributed by atoms with van der Waals surface area (Å²) in [6.45, 7) is 5.76. The van der Waals surface area contributed by atoms with Crippen molar-refractivity contribution in [1.82, 2.24) is 0 Å². The van der Waals surface area contributed by atoms with Crippen LogP contribution in [0.2, 0.25) is 0 Å². The van der Waals surface area contributed by atoms with Gasteiger partial charge in [-0.15, -0.1) is 0 Å². The fourth-order valence-electron chi connectivity index (χ4n) is 1.35. The summed E-state index contributed by atoms with van der Waals surface area (Å²) in [5, 5.41) is 8.51. The van der Waals surface area contributed by atoms with Gasteiger partial charge in [-0.2, -0.15) is 0 Å². The molecule has 1 aromatic carbocycles. The van der Waals surface area contributed by atoms with Crippen LogP contribution in [0.25, 0.3) is 0 Å². The Morgan fingerprint density at radius 1 is 1.19 bits per heavy atom. The number of hydrogen-bond acceptors (Lipinski definition) is 3. The third-order valence-electron chi connectivity index (χ3n) is 2.26. The molecule has 1 aromatic rings. The molecule has 1 rings (SSSR count). The van der Waals surface area contributed by atoms with Crippen molar-refractivity contribution in [2.45, 2.75) is 19.8 Å². The lowest BCUT2D eigenvalue weighted by atomic mass is 10.0. The fraction of sp³-hybridized carbons (Fsp3) is 0.538. The molecule has 0 atom stereocenters. The molecule has 0 aliphatic carbocycles. The number of aliphatic hydroxyl groups excluding tert-OH is 1. The van der Waals surface area contributed by atoms with Crippen LogP contribution in [0.5, 0.6) is 5.75 Å². The standard InChI is InChI=1S/C13H20O3/c1-11(2)12-4-3-5-13(10-12)16-9-8-15-7-6-14/h3-5,10-11,14H,6-9H2,1-2H3. The van der Waals surface area contributed by atoms with Crippen LogP contribution in [0, 0.1) is 0 Å². The van der Waals surface area contributed by atoms with Crippen molar-refractivity contribution in [1.29, 1.82) is 0 Å². The summed E-state index contributed by atoms with van der Waals surface area (Å²) in [5.41, 5.74) is 1.27. The third-order valence-corrected chi connectivity index (χ3v) is 2.26. The molecule has 0 bridgehead atoms. The van der Waals surface area contributed by atoms with E-state index in [1.165, 1.54) is 5.56 Å². The van der Waals surface area contributed by atoms with Crippen LogP contribution >= 0.6 is 0 Å². The number of benzene rings is 1. The molecule has 0 unspecified atom stereocenters. The van der Waals surface area contributed by atoms with Crippen molar-refractivity contribution >= 4 is 0 Å². The second kappa shape index (κ2) is 7.25. The molecule has 0 amide bonds. The maximum absolute atomic E-state index is 8.51. The van der Waals surface area contributed by atoms with Crippen LogP contribution in [0.15, 0.2) is 24.3 Å². The summed E-state index contributed by atoms with van der Waals surface area (Å²) in [6.07, 6.45) is 0. The van der Waals surface area contributed by atoms with Crippen molar-refractivity contribution in [3.05, 3.63) is 29.8 Å². The van der Waals surface area contributed by atoms with Gasteiger partial charge in [0.25, 0.3) is 0 Å². The Morgan fingerprint density at radius 3 is 2.69 bits per heavy atom. The predicted molar refractivity (Wildman–Crippen MR) is 63.9 cm³/mol. The van der Waals surface area contributed by atoms with E-state index in [1.54, 1.807) is 0 Å². The van der Waals surface area contributed by atoms with Crippen molar-refractivity contribution in [3.8, 4) is 5.75 Å². The molecule has 0 spiro atoms. The topological polar surface area (TPSA) is 38.7 Å². The van der Waals surface area contributed by atoms with Gasteiger partial charge < -0.3 is 14.6 Å². The monoisotopic (exact) mass is 224 g/mol. The summed E-state index contributed by atoms with van der Waals surface area (Å²) in [5.74, 6) is 1.38. The van der Waals surface area contributed by atoms with E-state index < -0.39 is 0 Å². The summed E-state index contributed by atoms with van der Waals surface area (Å²) >= 11 is 0. The van der Waals surface area contributed by atoms with Crippen LogP contribution in [0.4, 0.5) is 0 Å². The Bertz CT molecular complexity index is 297. The van der Waals surface area contributed by atoms with Crippen LogP contribution < -0.4 is 4.74 Å². The molecule has 0 aliphatic heterocycles. The lowest BCUT2D eigenvalue weighted by molar-refractivity contribution is 0.0705. The number of aliphatic hydroxyl groups is 1. The van der Waals surface area contributed by atoms with Crippen molar-refractivity contribution in [3.63, 3.8) is 0 Å². The van der Waals surface area contributed by atoms with Gasteiger partial charge in [-0.3, -0.25) is 0 Å². The third kappa shape index (κ3) is 4.64. The highest BCUT2D eigenvalue weighted by Gasteiger charge is 2.00. The summed E-state index contributed by atoms with van der Waals surface area (Å²) < 4.78 is 10.6. The molecule has 1 N–H and O–H groups in total. The smallest absolute Gasteiger partial charge is 0.119 e.